The number of carbonyl (C=O) groups excluding carboxylic acids is 1. The Kier molecular flexibility index (Phi) is 5.36. The summed E-state index contributed by atoms with van der Waals surface area (Å²) in [7, 11) is 0. The number of rotatable bonds is 7. The molecule has 0 saturated heterocycles. The van der Waals surface area contributed by atoms with Crippen LogP contribution >= 0.6 is 0 Å². The Balaban J connectivity index is 2.23. The quantitative estimate of drug-likeness (QED) is 0.735. The third kappa shape index (κ3) is 5.42. The van der Waals surface area contributed by atoms with Crippen molar-refractivity contribution in [3.05, 3.63) is 30.3 Å². The average Bonchev–Trinajstić information content (AvgIpc) is 2.35. The van der Waals surface area contributed by atoms with E-state index >= 15 is 0 Å². The van der Waals surface area contributed by atoms with Crippen LogP contribution in [0.15, 0.2) is 30.3 Å². The molecule has 0 spiro atoms. The molecule has 0 unspecified atom stereocenters. The zero-order valence-corrected chi connectivity index (χ0v) is 11.2. The van der Waals surface area contributed by atoms with Crippen LogP contribution in [0.3, 0.4) is 0 Å². The predicted molar refractivity (Wildman–Crippen MR) is 71.0 cm³/mol. The number of carboxylic acid groups (broad SMARTS) is 1. The highest BCUT2D eigenvalue weighted by atomic mass is 16.5. The maximum absolute atomic E-state index is 11.5. The Hall–Kier alpha value is -2.04. The van der Waals surface area contributed by atoms with Gasteiger partial charge in [0, 0.05) is 6.42 Å². The first-order valence-corrected chi connectivity index (χ1v) is 6.10. The zero-order valence-electron chi connectivity index (χ0n) is 11.2. The summed E-state index contributed by atoms with van der Waals surface area (Å²) in [4.78, 5) is 22.4. The van der Waals surface area contributed by atoms with Gasteiger partial charge in [-0.1, -0.05) is 18.2 Å². The third-order valence-corrected chi connectivity index (χ3v) is 2.62. The lowest BCUT2D eigenvalue weighted by molar-refractivity contribution is -0.149. The summed E-state index contributed by atoms with van der Waals surface area (Å²) in [6, 6.07) is 9.28. The lowest BCUT2D eigenvalue weighted by Crippen LogP contribution is -2.35. The van der Waals surface area contributed by atoms with Crippen LogP contribution in [0.1, 0.15) is 20.3 Å². The van der Waals surface area contributed by atoms with Gasteiger partial charge in [0.2, 0.25) is 5.91 Å². The Bertz CT molecular complexity index is 428. The van der Waals surface area contributed by atoms with Crippen molar-refractivity contribution >= 4 is 11.9 Å². The number of nitrogens with one attached hydrogen (secondary N) is 1. The molecule has 0 aromatic heterocycles. The van der Waals surface area contributed by atoms with Gasteiger partial charge in [-0.05, 0) is 26.0 Å². The lowest BCUT2D eigenvalue weighted by atomic mass is 9.89. The van der Waals surface area contributed by atoms with Gasteiger partial charge in [-0.3, -0.25) is 9.59 Å². The van der Waals surface area contributed by atoms with E-state index in [1.54, 1.807) is 0 Å². The van der Waals surface area contributed by atoms with Gasteiger partial charge in [0.15, 0.2) is 0 Å². The van der Waals surface area contributed by atoms with Crippen molar-refractivity contribution in [1.29, 1.82) is 0 Å². The van der Waals surface area contributed by atoms with E-state index in [9.17, 15) is 9.59 Å². The Morgan fingerprint density at radius 3 is 2.47 bits per heavy atom. The smallest absolute Gasteiger partial charge is 0.309 e. The number of ether oxygens (including phenoxy) is 1. The molecule has 0 fully saturated rings. The Morgan fingerprint density at radius 1 is 1.26 bits per heavy atom. The van der Waals surface area contributed by atoms with Crippen LogP contribution in [0.2, 0.25) is 0 Å². The first-order valence-electron chi connectivity index (χ1n) is 6.10. The van der Waals surface area contributed by atoms with Crippen molar-refractivity contribution < 1.29 is 19.4 Å². The molecule has 2 N–H and O–H groups in total. The standard InChI is InChI=1S/C14H19NO4/c1-14(2,13(17)18)10-12(16)15-8-9-19-11-6-4-3-5-7-11/h3-7H,8-10H2,1-2H3,(H,15,16)(H,17,18). The van der Waals surface area contributed by atoms with Crippen LogP contribution in [0.4, 0.5) is 0 Å². The topological polar surface area (TPSA) is 75.6 Å². The van der Waals surface area contributed by atoms with E-state index in [2.05, 4.69) is 5.32 Å². The molecule has 1 aromatic carbocycles. The number of benzene rings is 1. The lowest BCUT2D eigenvalue weighted by Gasteiger charge is -2.18. The van der Waals surface area contributed by atoms with Gasteiger partial charge in [-0.15, -0.1) is 0 Å². The summed E-state index contributed by atoms with van der Waals surface area (Å²) >= 11 is 0. The first-order chi connectivity index (χ1) is 8.92. The monoisotopic (exact) mass is 265 g/mol. The highest BCUT2D eigenvalue weighted by Crippen LogP contribution is 2.19. The van der Waals surface area contributed by atoms with Crippen LogP contribution < -0.4 is 10.1 Å². The summed E-state index contributed by atoms with van der Waals surface area (Å²) in [6.07, 6.45) is -0.0479. The first kappa shape index (κ1) is 15.0. The minimum Gasteiger partial charge on any atom is -0.492 e. The highest BCUT2D eigenvalue weighted by Gasteiger charge is 2.29. The van der Waals surface area contributed by atoms with Crippen molar-refractivity contribution in [3.8, 4) is 5.75 Å². The molecule has 1 aromatic rings. The molecule has 0 bridgehead atoms. The van der Waals surface area contributed by atoms with Gasteiger partial charge in [0.05, 0.1) is 12.0 Å². The van der Waals surface area contributed by atoms with Gasteiger partial charge < -0.3 is 15.2 Å². The molecular formula is C14H19NO4. The number of para-hydroxylation sites is 1. The molecule has 19 heavy (non-hydrogen) atoms. The zero-order chi connectivity index (χ0) is 14.3. The molecule has 0 aliphatic carbocycles. The minimum absolute atomic E-state index is 0.0479. The number of hydrogen-bond acceptors (Lipinski definition) is 3. The van der Waals surface area contributed by atoms with E-state index in [-0.39, 0.29) is 12.3 Å². The van der Waals surface area contributed by atoms with E-state index in [4.69, 9.17) is 9.84 Å². The summed E-state index contributed by atoms with van der Waals surface area (Å²) in [5, 5.41) is 11.5. The Morgan fingerprint density at radius 2 is 1.89 bits per heavy atom. The second-order valence-corrected chi connectivity index (χ2v) is 4.88. The van der Waals surface area contributed by atoms with Crippen molar-refractivity contribution in [2.45, 2.75) is 20.3 Å². The number of aliphatic carboxylic acids is 1. The van der Waals surface area contributed by atoms with Gasteiger partial charge >= 0.3 is 5.97 Å². The summed E-state index contributed by atoms with van der Waals surface area (Å²) in [5.74, 6) is -0.533. The highest BCUT2D eigenvalue weighted by molar-refractivity contribution is 5.84. The molecule has 0 radical (unpaired) electrons. The summed E-state index contributed by atoms with van der Waals surface area (Å²) in [5.41, 5.74) is -1.05. The second kappa shape index (κ2) is 6.78. The molecule has 0 atom stereocenters. The molecule has 1 rings (SSSR count). The van der Waals surface area contributed by atoms with Gasteiger partial charge in [-0.2, -0.15) is 0 Å². The molecule has 1 amide bonds. The van der Waals surface area contributed by atoms with Crippen molar-refractivity contribution in [2.24, 2.45) is 5.41 Å². The van der Waals surface area contributed by atoms with Crippen molar-refractivity contribution in [2.75, 3.05) is 13.2 Å². The average molecular weight is 265 g/mol. The van der Waals surface area contributed by atoms with Crippen LogP contribution in [0.5, 0.6) is 5.75 Å². The fourth-order valence-electron chi connectivity index (χ4n) is 1.42. The van der Waals surface area contributed by atoms with Gasteiger partial charge in [0.25, 0.3) is 0 Å². The van der Waals surface area contributed by atoms with Gasteiger partial charge in [-0.25, -0.2) is 0 Å². The maximum Gasteiger partial charge on any atom is 0.309 e. The molecule has 0 heterocycles. The Labute approximate surface area is 112 Å². The largest absolute Gasteiger partial charge is 0.492 e. The molecule has 5 nitrogen and oxygen atoms in total. The summed E-state index contributed by atoms with van der Waals surface area (Å²) in [6.45, 7) is 3.75. The number of carbonyl (C=O) groups is 2. The molecule has 0 aliphatic rings. The van der Waals surface area contributed by atoms with Crippen LogP contribution in [0.25, 0.3) is 0 Å². The third-order valence-electron chi connectivity index (χ3n) is 2.62. The maximum atomic E-state index is 11.5. The molecule has 0 saturated carbocycles. The minimum atomic E-state index is -1.05. The number of amides is 1. The van der Waals surface area contributed by atoms with Crippen LogP contribution in [-0.2, 0) is 9.59 Å². The fourth-order valence-corrected chi connectivity index (χ4v) is 1.42. The van der Waals surface area contributed by atoms with E-state index in [1.165, 1.54) is 13.8 Å². The molecule has 0 aliphatic heterocycles. The van der Waals surface area contributed by atoms with E-state index in [1.807, 2.05) is 30.3 Å². The number of hydrogen-bond donors (Lipinski definition) is 2. The normalized spacial score (nSPS) is 10.8. The molecule has 5 heteroatoms. The van der Waals surface area contributed by atoms with E-state index < -0.39 is 11.4 Å². The predicted octanol–water partition coefficient (Wildman–Crippen LogP) is 1.68. The second-order valence-electron chi connectivity index (χ2n) is 4.88. The SMILES string of the molecule is CC(C)(CC(=O)NCCOc1ccccc1)C(=O)O. The van der Waals surface area contributed by atoms with Crippen LogP contribution in [0, 0.1) is 5.41 Å². The number of carboxylic acids is 1. The summed E-state index contributed by atoms with van der Waals surface area (Å²) < 4.78 is 5.40. The fraction of sp³-hybridized carbons (Fsp3) is 0.429. The van der Waals surface area contributed by atoms with Crippen molar-refractivity contribution in [3.63, 3.8) is 0 Å². The van der Waals surface area contributed by atoms with Gasteiger partial charge in [0.1, 0.15) is 12.4 Å². The van der Waals surface area contributed by atoms with E-state index in [0.717, 1.165) is 5.75 Å². The van der Waals surface area contributed by atoms with Crippen molar-refractivity contribution in [1.82, 2.24) is 5.32 Å². The molecule has 104 valence electrons. The van der Waals surface area contributed by atoms with E-state index in [0.29, 0.717) is 13.2 Å². The van der Waals surface area contributed by atoms with Crippen LogP contribution in [-0.4, -0.2) is 30.1 Å². The molecular weight excluding hydrogens is 246 g/mol.